The van der Waals surface area contributed by atoms with Gasteiger partial charge in [0.15, 0.2) is 0 Å². The van der Waals surface area contributed by atoms with Crippen molar-refractivity contribution in [2.24, 2.45) is 5.92 Å². The van der Waals surface area contributed by atoms with E-state index in [0.717, 1.165) is 58.4 Å². The zero-order chi connectivity index (χ0) is 17.6. The number of nitrogens with one attached hydrogen (secondary N) is 1. The molecule has 1 amide bonds. The first-order valence-electron chi connectivity index (χ1n) is 9.59. The number of carbonyl (C=O) groups excluding carboxylic acids is 1. The van der Waals surface area contributed by atoms with Crippen molar-refractivity contribution in [1.29, 1.82) is 0 Å². The maximum Gasteiger partial charge on any atom is 0.219 e. The molecule has 5 heteroatoms. The summed E-state index contributed by atoms with van der Waals surface area (Å²) in [5, 5.41) is 13.0. The number of carbonyl (C=O) groups is 1. The van der Waals surface area contributed by atoms with Crippen LogP contribution in [0.25, 0.3) is 0 Å². The van der Waals surface area contributed by atoms with E-state index in [-0.39, 0.29) is 5.91 Å². The summed E-state index contributed by atoms with van der Waals surface area (Å²) in [4.78, 5) is 15.9. The lowest BCUT2D eigenvalue weighted by atomic mass is 9.97. The number of benzene rings is 1. The molecule has 0 bridgehead atoms. The largest absolute Gasteiger partial charge is 0.396 e. The van der Waals surface area contributed by atoms with E-state index in [1.54, 1.807) is 6.92 Å². The molecule has 1 aromatic carbocycles. The van der Waals surface area contributed by atoms with Crippen LogP contribution in [0, 0.1) is 5.92 Å². The molecule has 138 valence electrons. The number of nitrogens with zero attached hydrogens (tertiary/aromatic N) is 2. The van der Waals surface area contributed by atoms with Gasteiger partial charge >= 0.3 is 0 Å². The topological polar surface area (TPSA) is 55.8 Å². The van der Waals surface area contributed by atoms with Crippen LogP contribution in [0.1, 0.15) is 38.2 Å². The summed E-state index contributed by atoms with van der Waals surface area (Å²) in [6.07, 6.45) is 4.21. The van der Waals surface area contributed by atoms with E-state index in [1.165, 1.54) is 11.3 Å². The summed E-state index contributed by atoms with van der Waals surface area (Å²) in [5.41, 5.74) is 2.58. The molecule has 0 saturated carbocycles. The molecule has 0 aromatic heterocycles. The number of anilines is 1. The average molecular weight is 345 g/mol. The van der Waals surface area contributed by atoms with Crippen LogP contribution >= 0.6 is 0 Å². The van der Waals surface area contributed by atoms with Crippen LogP contribution in [0.4, 0.5) is 5.69 Å². The minimum Gasteiger partial charge on any atom is -0.396 e. The highest BCUT2D eigenvalue weighted by molar-refractivity contribution is 5.73. The fraction of sp³-hybridized carbons (Fsp3) is 0.650. The van der Waals surface area contributed by atoms with Crippen molar-refractivity contribution in [1.82, 2.24) is 9.80 Å². The van der Waals surface area contributed by atoms with Gasteiger partial charge in [-0.05, 0) is 56.3 Å². The van der Waals surface area contributed by atoms with Crippen molar-refractivity contribution < 1.29 is 9.90 Å². The van der Waals surface area contributed by atoms with Crippen molar-refractivity contribution in [2.45, 2.75) is 45.2 Å². The number of amides is 1. The van der Waals surface area contributed by atoms with Gasteiger partial charge in [0.1, 0.15) is 0 Å². The second-order valence-electron chi connectivity index (χ2n) is 7.48. The van der Waals surface area contributed by atoms with E-state index >= 15 is 0 Å². The normalized spacial score (nSPS) is 20.6. The van der Waals surface area contributed by atoms with E-state index in [1.807, 2.05) is 4.90 Å². The van der Waals surface area contributed by atoms with Crippen molar-refractivity contribution in [3.05, 3.63) is 29.8 Å². The van der Waals surface area contributed by atoms with Crippen molar-refractivity contribution >= 4 is 11.6 Å². The molecular weight excluding hydrogens is 314 g/mol. The third-order valence-electron chi connectivity index (χ3n) is 5.68. The zero-order valence-electron chi connectivity index (χ0n) is 15.3. The number of aliphatic hydroxyl groups excluding tert-OH is 1. The number of hydrogen-bond acceptors (Lipinski definition) is 4. The molecule has 2 aliphatic rings. The molecule has 2 N–H and O–H groups in total. The smallest absolute Gasteiger partial charge is 0.219 e. The first-order valence-corrected chi connectivity index (χ1v) is 9.59. The molecule has 1 aromatic rings. The van der Waals surface area contributed by atoms with E-state index < -0.39 is 0 Å². The first kappa shape index (κ1) is 18.2. The Kier molecular flexibility index (Phi) is 6.32. The molecule has 0 unspecified atom stereocenters. The Hall–Kier alpha value is -1.59. The first-order chi connectivity index (χ1) is 12.2. The monoisotopic (exact) mass is 345 g/mol. The Bertz CT molecular complexity index is 562. The van der Waals surface area contributed by atoms with Gasteiger partial charge in [-0.3, -0.25) is 9.69 Å². The number of hydrogen-bond donors (Lipinski definition) is 2. The second kappa shape index (κ2) is 8.68. The van der Waals surface area contributed by atoms with E-state index in [0.29, 0.717) is 18.6 Å². The molecule has 5 nitrogen and oxygen atoms in total. The second-order valence-corrected chi connectivity index (χ2v) is 7.48. The molecule has 2 saturated heterocycles. The van der Waals surface area contributed by atoms with E-state index in [2.05, 4.69) is 34.5 Å². The highest BCUT2D eigenvalue weighted by atomic mass is 16.3. The average Bonchev–Trinajstić information content (AvgIpc) is 2.64. The van der Waals surface area contributed by atoms with Gasteiger partial charge in [0, 0.05) is 44.9 Å². The number of piperidine rings is 2. The van der Waals surface area contributed by atoms with Crippen LogP contribution in [-0.2, 0) is 11.3 Å². The quantitative estimate of drug-likeness (QED) is 0.860. The Balaban J connectivity index is 1.55. The summed E-state index contributed by atoms with van der Waals surface area (Å²) in [6.45, 7) is 6.78. The molecule has 3 rings (SSSR count). The van der Waals surface area contributed by atoms with Crippen LogP contribution in [-0.4, -0.2) is 59.6 Å². The summed E-state index contributed by atoms with van der Waals surface area (Å²) in [6, 6.07) is 9.03. The fourth-order valence-corrected chi connectivity index (χ4v) is 3.93. The standard InChI is InChI=1S/C20H31N3O2/c1-16(25)23-12-8-19(9-13-23)21-20-5-3-2-4-18(20)14-22-10-6-17(15-24)7-11-22/h2-5,17,19,21,24H,6-15H2,1H3. The number of likely N-dealkylation sites (tertiary alicyclic amines) is 2. The molecule has 25 heavy (non-hydrogen) atoms. The predicted molar refractivity (Wildman–Crippen MR) is 100 cm³/mol. The molecule has 0 spiro atoms. The predicted octanol–water partition coefficient (Wildman–Crippen LogP) is 2.31. The van der Waals surface area contributed by atoms with Crippen LogP contribution in [0.3, 0.4) is 0 Å². The van der Waals surface area contributed by atoms with Gasteiger partial charge in [-0.2, -0.15) is 0 Å². The van der Waals surface area contributed by atoms with E-state index in [4.69, 9.17) is 0 Å². The molecule has 2 heterocycles. The molecular formula is C20H31N3O2. The van der Waals surface area contributed by atoms with Gasteiger partial charge < -0.3 is 15.3 Å². The summed E-state index contributed by atoms with van der Waals surface area (Å²) in [5.74, 6) is 0.668. The summed E-state index contributed by atoms with van der Waals surface area (Å²) in [7, 11) is 0. The SMILES string of the molecule is CC(=O)N1CCC(Nc2ccccc2CN2CCC(CO)CC2)CC1. The third-order valence-corrected chi connectivity index (χ3v) is 5.68. The van der Waals surface area contributed by atoms with Crippen molar-refractivity contribution in [2.75, 3.05) is 38.1 Å². The van der Waals surface area contributed by atoms with Gasteiger partial charge in [0.2, 0.25) is 5.91 Å². The summed E-state index contributed by atoms with van der Waals surface area (Å²) >= 11 is 0. The third kappa shape index (κ3) is 4.95. The number of rotatable bonds is 5. The number of aliphatic hydroxyl groups is 1. The Morgan fingerprint density at radius 2 is 1.80 bits per heavy atom. The minimum absolute atomic E-state index is 0.185. The van der Waals surface area contributed by atoms with Crippen molar-refractivity contribution in [3.63, 3.8) is 0 Å². The van der Waals surface area contributed by atoms with Gasteiger partial charge in [0.05, 0.1) is 0 Å². The Morgan fingerprint density at radius 3 is 2.44 bits per heavy atom. The zero-order valence-corrected chi connectivity index (χ0v) is 15.3. The van der Waals surface area contributed by atoms with Crippen LogP contribution in [0.15, 0.2) is 24.3 Å². The fourth-order valence-electron chi connectivity index (χ4n) is 3.93. The number of para-hydroxylation sites is 1. The van der Waals surface area contributed by atoms with Crippen LogP contribution in [0.2, 0.25) is 0 Å². The minimum atomic E-state index is 0.185. The lowest BCUT2D eigenvalue weighted by molar-refractivity contribution is -0.129. The molecule has 2 aliphatic heterocycles. The molecule has 0 aliphatic carbocycles. The van der Waals surface area contributed by atoms with Crippen LogP contribution < -0.4 is 5.32 Å². The molecule has 0 atom stereocenters. The highest BCUT2D eigenvalue weighted by Gasteiger charge is 2.22. The highest BCUT2D eigenvalue weighted by Crippen LogP contribution is 2.24. The Labute approximate surface area is 151 Å². The molecule has 0 radical (unpaired) electrons. The van der Waals surface area contributed by atoms with Gasteiger partial charge in [-0.15, -0.1) is 0 Å². The van der Waals surface area contributed by atoms with Gasteiger partial charge in [-0.1, -0.05) is 18.2 Å². The molecule has 2 fully saturated rings. The van der Waals surface area contributed by atoms with Gasteiger partial charge in [-0.25, -0.2) is 0 Å². The van der Waals surface area contributed by atoms with Crippen molar-refractivity contribution in [3.8, 4) is 0 Å². The van der Waals surface area contributed by atoms with Crippen LogP contribution in [0.5, 0.6) is 0 Å². The maximum absolute atomic E-state index is 11.5. The summed E-state index contributed by atoms with van der Waals surface area (Å²) < 4.78 is 0. The lowest BCUT2D eigenvalue weighted by Crippen LogP contribution is -2.41. The van der Waals surface area contributed by atoms with Gasteiger partial charge in [0.25, 0.3) is 0 Å². The Morgan fingerprint density at radius 1 is 1.12 bits per heavy atom. The lowest BCUT2D eigenvalue weighted by Gasteiger charge is -2.34. The maximum atomic E-state index is 11.5. The van der Waals surface area contributed by atoms with E-state index in [9.17, 15) is 9.90 Å².